The predicted octanol–water partition coefficient (Wildman–Crippen LogP) is 6.05. The van der Waals surface area contributed by atoms with Crippen molar-refractivity contribution in [2.24, 2.45) is 5.92 Å². The van der Waals surface area contributed by atoms with Gasteiger partial charge < -0.3 is 4.57 Å². The molecule has 2 nitrogen and oxygen atoms in total. The Morgan fingerprint density at radius 1 is 0.957 bits per heavy atom. The first kappa shape index (κ1) is 17.8. The van der Waals surface area contributed by atoms with Crippen LogP contribution in [0.25, 0.3) is 0 Å². The summed E-state index contributed by atoms with van der Waals surface area (Å²) < 4.78 is 2.34. The summed E-state index contributed by atoms with van der Waals surface area (Å²) in [7, 11) is 0. The van der Waals surface area contributed by atoms with E-state index in [0.29, 0.717) is 12.0 Å². The molecule has 23 heavy (non-hydrogen) atoms. The zero-order valence-electron chi connectivity index (χ0n) is 14.8. The Morgan fingerprint density at radius 3 is 2.43 bits per heavy atom. The monoisotopic (exact) mass is 312 g/mol. The van der Waals surface area contributed by atoms with Crippen molar-refractivity contribution in [1.29, 1.82) is 0 Å². The third-order valence-corrected chi connectivity index (χ3v) is 4.81. The van der Waals surface area contributed by atoms with Crippen LogP contribution in [-0.4, -0.2) is 9.55 Å². The Labute approximate surface area is 142 Å². The summed E-state index contributed by atoms with van der Waals surface area (Å²) in [6.45, 7) is 4.58. The minimum atomic E-state index is 0.573. The number of hydrogen-bond acceptors (Lipinski definition) is 1. The Morgan fingerprint density at radius 2 is 1.78 bits per heavy atom. The largest absolute Gasteiger partial charge is 0.334 e. The van der Waals surface area contributed by atoms with Crippen LogP contribution in [-0.2, 0) is 6.42 Å². The van der Waals surface area contributed by atoms with Crippen molar-refractivity contribution in [2.75, 3.05) is 0 Å². The van der Waals surface area contributed by atoms with E-state index in [1.807, 2.05) is 12.5 Å². The van der Waals surface area contributed by atoms with Gasteiger partial charge in [0.1, 0.15) is 0 Å². The molecule has 0 radical (unpaired) electrons. The zero-order chi connectivity index (χ0) is 16.3. The molecule has 0 bridgehead atoms. The topological polar surface area (TPSA) is 17.8 Å². The van der Waals surface area contributed by atoms with Crippen LogP contribution in [0, 0.1) is 5.92 Å². The molecule has 2 heteroatoms. The van der Waals surface area contributed by atoms with E-state index in [1.54, 1.807) is 0 Å². The summed E-state index contributed by atoms with van der Waals surface area (Å²) in [5, 5.41) is 0. The van der Waals surface area contributed by atoms with Crippen LogP contribution < -0.4 is 0 Å². The van der Waals surface area contributed by atoms with Gasteiger partial charge in [-0.1, -0.05) is 76.3 Å². The van der Waals surface area contributed by atoms with Gasteiger partial charge >= 0.3 is 0 Å². The fraction of sp³-hybridized carbons (Fsp3) is 0.571. The number of benzene rings is 1. The summed E-state index contributed by atoms with van der Waals surface area (Å²) in [6, 6.07) is 11.6. The molecule has 1 heterocycles. The van der Waals surface area contributed by atoms with Crippen molar-refractivity contribution >= 4 is 0 Å². The number of aromatic nitrogens is 2. The molecular formula is C21H32N2. The third-order valence-electron chi connectivity index (χ3n) is 4.81. The van der Waals surface area contributed by atoms with Crippen molar-refractivity contribution in [3.05, 3.63) is 54.6 Å². The second-order valence-electron chi connectivity index (χ2n) is 6.67. The first-order chi connectivity index (χ1) is 11.3. The smallest absolute Gasteiger partial charge is 0.0948 e. The quantitative estimate of drug-likeness (QED) is 0.461. The highest BCUT2D eigenvalue weighted by Gasteiger charge is 2.22. The first-order valence-electron chi connectivity index (χ1n) is 9.36. The maximum absolute atomic E-state index is 4.29. The van der Waals surface area contributed by atoms with E-state index < -0.39 is 0 Å². The van der Waals surface area contributed by atoms with Gasteiger partial charge in [-0.3, -0.25) is 0 Å². The lowest BCUT2D eigenvalue weighted by Crippen LogP contribution is -2.21. The number of hydrogen-bond donors (Lipinski definition) is 0. The predicted molar refractivity (Wildman–Crippen MR) is 98.6 cm³/mol. The fourth-order valence-corrected chi connectivity index (χ4v) is 3.57. The molecule has 0 aliphatic rings. The second-order valence-corrected chi connectivity index (χ2v) is 6.67. The van der Waals surface area contributed by atoms with E-state index in [1.165, 1.54) is 56.9 Å². The highest BCUT2D eigenvalue weighted by molar-refractivity contribution is 5.15. The second kappa shape index (κ2) is 10.3. The van der Waals surface area contributed by atoms with E-state index in [0.717, 1.165) is 0 Å². The first-order valence-corrected chi connectivity index (χ1v) is 9.36. The number of imidazole rings is 1. The maximum Gasteiger partial charge on any atom is 0.0948 e. The van der Waals surface area contributed by atoms with E-state index in [9.17, 15) is 0 Å². The molecule has 2 atom stereocenters. The molecule has 0 amide bonds. The molecule has 0 spiro atoms. The van der Waals surface area contributed by atoms with Crippen molar-refractivity contribution < 1.29 is 0 Å². The normalized spacial score (nSPS) is 13.8. The van der Waals surface area contributed by atoms with Crippen LogP contribution in [0.4, 0.5) is 0 Å². The summed E-state index contributed by atoms with van der Waals surface area (Å²) in [6.07, 6.45) is 16.4. The molecule has 0 saturated heterocycles. The van der Waals surface area contributed by atoms with Crippen LogP contribution in [0.15, 0.2) is 49.1 Å². The summed E-state index contributed by atoms with van der Waals surface area (Å²) >= 11 is 0. The number of rotatable bonds is 11. The molecule has 0 saturated carbocycles. The number of unbranched alkanes of at least 4 members (excludes halogenated alkanes) is 3. The minimum Gasteiger partial charge on any atom is -0.334 e. The maximum atomic E-state index is 4.29. The molecular weight excluding hydrogens is 280 g/mol. The molecule has 0 aliphatic heterocycles. The average molecular weight is 313 g/mol. The molecule has 2 unspecified atom stereocenters. The molecule has 2 aromatic rings. The van der Waals surface area contributed by atoms with Gasteiger partial charge in [0.05, 0.1) is 6.33 Å². The van der Waals surface area contributed by atoms with Gasteiger partial charge in [0.2, 0.25) is 0 Å². The van der Waals surface area contributed by atoms with E-state index in [4.69, 9.17) is 0 Å². The SMILES string of the molecule is CCCCCCC(Cc1ccccc1)C(CCC)n1ccnc1. The average Bonchev–Trinajstić information content (AvgIpc) is 3.11. The van der Waals surface area contributed by atoms with Crippen LogP contribution in [0.1, 0.15) is 70.4 Å². The molecule has 0 N–H and O–H groups in total. The van der Waals surface area contributed by atoms with Gasteiger partial charge in [0.25, 0.3) is 0 Å². The van der Waals surface area contributed by atoms with Crippen LogP contribution in [0.2, 0.25) is 0 Å². The van der Waals surface area contributed by atoms with Gasteiger partial charge in [0.15, 0.2) is 0 Å². The Kier molecular flexibility index (Phi) is 7.92. The zero-order valence-corrected chi connectivity index (χ0v) is 14.8. The third kappa shape index (κ3) is 5.85. The molecule has 0 fully saturated rings. The van der Waals surface area contributed by atoms with Gasteiger partial charge in [-0.05, 0) is 30.7 Å². The molecule has 126 valence electrons. The lowest BCUT2D eigenvalue weighted by Gasteiger charge is -2.28. The van der Waals surface area contributed by atoms with Crippen molar-refractivity contribution in [1.82, 2.24) is 9.55 Å². The Bertz CT molecular complexity index is 504. The Balaban J connectivity index is 2.09. The van der Waals surface area contributed by atoms with Crippen molar-refractivity contribution in [2.45, 2.75) is 71.3 Å². The van der Waals surface area contributed by atoms with E-state index in [2.05, 4.69) is 59.9 Å². The van der Waals surface area contributed by atoms with Crippen LogP contribution in [0.3, 0.4) is 0 Å². The van der Waals surface area contributed by atoms with Gasteiger partial charge in [-0.2, -0.15) is 0 Å². The lowest BCUT2D eigenvalue weighted by atomic mass is 9.85. The van der Waals surface area contributed by atoms with Gasteiger partial charge in [0, 0.05) is 18.4 Å². The van der Waals surface area contributed by atoms with Crippen molar-refractivity contribution in [3.8, 4) is 0 Å². The molecule has 2 rings (SSSR count). The minimum absolute atomic E-state index is 0.573. The molecule has 0 aliphatic carbocycles. The number of nitrogens with zero attached hydrogens (tertiary/aromatic N) is 2. The molecule has 1 aromatic carbocycles. The molecule has 1 aromatic heterocycles. The standard InChI is InChI=1S/C21H32N2/c1-3-5-6-10-14-20(17-19-12-8-7-9-13-19)21(11-4-2)23-16-15-22-18-23/h7-9,12-13,15-16,18,20-21H,3-6,10-11,14,17H2,1-2H3. The van der Waals surface area contributed by atoms with Crippen LogP contribution >= 0.6 is 0 Å². The summed E-state index contributed by atoms with van der Waals surface area (Å²) in [4.78, 5) is 4.29. The van der Waals surface area contributed by atoms with E-state index in [-0.39, 0.29) is 0 Å². The van der Waals surface area contributed by atoms with Gasteiger partial charge in [-0.25, -0.2) is 4.98 Å². The highest BCUT2D eigenvalue weighted by Crippen LogP contribution is 2.31. The Hall–Kier alpha value is -1.57. The lowest BCUT2D eigenvalue weighted by molar-refractivity contribution is 0.281. The summed E-state index contributed by atoms with van der Waals surface area (Å²) in [5.74, 6) is 0.698. The fourth-order valence-electron chi connectivity index (χ4n) is 3.57. The van der Waals surface area contributed by atoms with Crippen LogP contribution in [0.5, 0.6) is 0 Å². The highest BCUT2D eigenvalue weighted by atomic mass is 15.1. The van der Waals surface area contributed by atoms with Crippen molar-refractivity contribution in [3.63, 3.8) is 0 Å². The van der Waals surface area contributed by atoms with E-state index >= 15 is 0 Å². The van der Waals surface area contributed by atoms with Gasteiger partial charge in [-0.15, -0.1) is 0 Å². The summed E-state index contributed by atoms with van der Waals surface area (Å²) in [5.41, 5.74) is 1.47.